The van der Waals surface area contributed by atoms with Gasteiger partial charge in [-0.05, 0) is 18.6 Å². The molecule has 0 saturated heterocycles. The Morgan fingerprint density at radius 2 is 2.25 bits per heavy atom. The van der Waals surface area contributed by atoms with E-state index in [0.29, 0.717) is 12.0 Å². The number of phenolic OH excluding ortho intramolecular Hbond substituents is 1. The molecule has 0 unspecified atom stereocenters. The van der Waals surface area contributed by atoms with Gasteiger partial charge < -0.3 is 5.11 Å². The highest BCUT2D eigenvalue weighted by molar-refractivity contribution is 5.45. The van der Waals surface area contributed by atoms with Crippen LogP contribution in [-0.4, -0.2) is 10.0 Å². The van der Waals surface area contributed by atoms with E-state index >= 15 is 0 Å². The molecule has 0 aliphatic heterocycles. The molecule has 0 aliphatic carbocycles. The number of nitrogens with zero attached hydrogens (tertiary/aromatic N) is 1. The molecule has 0 aliphatic rings. The van der Waals surface area contributed by atoms with Crippen LogP contribution in [0.15, 0.2) is 18.2 Å². The van der Waals surface area contributed by atoms with Crippen molar-refractivity contribution in [2.24, 2.45) is 0 Å². The number of aryl methyl sites for hydroxylation is 1. The van der Waals surface area contributed by atoms with Crippen LogP contribution >= 0.6 is 0 Å². The summed E-state index contributed by atoms with van der Waals surface area (Å²) in [7, 11) is 0. The zero-order chi connectivity index (χ0) is 9.14. The largest absolute Gasteiger partial charge is 0.508 e. The van der Waals surface area contributed by atoms with Gasteiger partial charge in [-0.2, -0.15) is 0 Å². The van der Waals surface area contributed by atoms with Crippen molar-refractivity contribution in [2.45, 2.75) is 13.3 Å². The number of hydrogen-bond acceptors (Lipinski definition) is 3. The first kappa shape index (κ1) is 8.52. The fourth-order valence-corrected chi connectivity index (χ4v) is 1.02. The van der Waals surface area contributed by atoms with Crippen molar-refractivity contribution in [1.82, 2.24) is 0 Å². The minimum atomic E-state index is -0.488. The topological polar surface area (TPSA) is 63.4 Å². The zero-order valence-electron chi connectivity index (χ0n) is 6.65. The molecule has 0 heterocycles. The van der Waals surface area contributed by atoms with E-state index in [2.05, 4.69) is 0 Å². The molecule has 1 N–H and O–H groups in total. The van der Waals surface area contributed by atoms with Gasteiger partial charge in [0.15, 0.2) is 0 Å². The van der Waals surface area contributed by atoms with Gasteiger partial charge in [-0.1, -0.05) is 6.92 Å². The summed E-state index contributed by atoms with van der Waals surface area (Å²) in [6.07, 6.45) is 0.594. The quantitative estimate of drug-likeness (QED) is 0.540. The van der Waals surface area contributed by atoms with Crippen LogP contribution in [0, 0.1) is 10.1 Å². The van der Waals surface area contributed by atoms with E-state index in [9.17, 15) is 10.1 Å². The van der Waals surface area contributed by atoms with Crippen molar-refractivity contribution in [2.75, 3.05) is 0 Å². The Hall–Kier alpha value is -1.58. The maximum atomic E-state index is 10.4. The van der Waals surface area contributed by atoms with Crippen LogP contribution in [0.2, 0.25) is 0 Å². The Bertz CT molecular complexity index is 309. The third-order valence-corrected chi connectivity index (χ3v) is 1.65. The van der Waals surface area contributed by atoms with Gasteiger partial charge in [0, 0.05) is 5.56 Å². The minimum Gasteiger partial charge on any atom is -0.508 e. The van der Waals surface area contributed by atoms with Crippen LogP contribution in [0.1, 0.15) is 12.5 Å². The lowest BCUT2D eigenvalue weighted by atomic mass is 10.1. The summed E-state index contributed by atoms with van der Waals surface area (Å²) >= 11 is 0. The van der Waals surface area contributed by atoms with Gasteiger partial charge in [0.05, 0.1) is 11.0 Å². The summed E-state index contributed by atoms with van der Waals surface area (Å²) in [5.74, 6) is -0.0705. The molecule has 1 aromatic carbocycles. The van der Waals surface area contributed by atoms with Crippen LogP contribution in [0.5, 0.6) is 5.75 Å². The molecular formula is C8H9NO3. The normalized spacial score (nSPS) is 9.75. The maximum Gasteiger partial charge on any atom is 0.276 e. The molecular weight excluding hydrogens is 158 g/mol. The summed E-state index contributed by atoms with van der Waals surface area (Å²) in [5, 5.41) is 19.4. The molecule has 0 fully saturated rings. The van der Waals surface area contributed by atoms with Crippen LogP contribution in [-0.2, 0) is 6.42 Å². The van der Waals surface area contributed by atoms with E-state index in [4.69, 9.17) is 5.11 Å². The van der Waals surface area contributed by atoms with Crippen LogP contribution in [0.3, 0.4) is 0 Å². The second kappa shape index (κ2) is 3.21. The summed E-state index contributed by atoms with van der Waals surface area (Å²) in [6, 6.07) is 4.18. The molecule has 0 radical (unpaired) electrons. The summed E-state index contributed by atoms with van der Waals surface area (Å²) in [5.41, 5.74) is 0.621. The molecule has 0 atom stereocenters. The van der Waals surface area contributed by atoms with Crippen LogP contribution in [0.25, 0.3) is 0 Å². The number of nitro groups is 1. The molecule has 1 aromatic rings. The Morgan fingerprint density at radius 1 is 1.58 bits per heavy atom. The Balaban J connectivity index is 3.21. The van der Waals surface area contributed by atoms with Crippen molar-refractivity contribution in [3.63, 3.8) is 0 Å². The number of aromatic hydroxyl groups is 1. The summed E-state index contributed by atoms with van der Waals surface area (Å²) in [4.78, 5) is 9.94. The molecule has 64 valence electrons. The molecule has 0 spiro atoms. The standard InChI is InChI=1S/C8H9NO3/c1-2-6-3-4-7(10)5-8(6)9(11)12/h3-5,10H,2H2,1H3. The summed E-state index contributed by atoms with van der Waals surface area (Å²) < 4.78 is 0. The van der Waals surface area contributed by atoms with E-state index in [1.807, 2.05) is 6.92 Å². The van der Waals surface area contributed by atoms with Gasteiger partial charge in [0.25, 0.3) is 5.69 Å². The molecule has 4 nitrogen and oxygen atoms in total. The number of nitro benzene ring substituents is 1. The van der Waals surface area contributed by atoms with Gasteiger partial charge in [0.2, 0.25) is 0 Å². The molecule has 12 heavy (non-hydrogen) atoms. The lowest BCUT2D eigenvalue weighted by Gasteiger charge is -1.98. The molecule has 0 aromatic heterocycles. The second-order valence-corrected chi connectivity index (χ2v) is 2.42. The predicted molar refractivity (Wildman–Crippen MR) is 44.1 cm³/mol. The fourth-order valence-electron chi connectivity index (χ4n) is 1.02. The highest BCUT2D eigenvalue weighted by atomic mass is 16.6. The predicted octanol–water partition coefficient (Wildman–Crippen LogP) is 1.86. The average molecular weight is 167 g/mol. The lowest BCUT2D eigenvalue weighted by molar-refractivity contribution is -0.385. The fraction of sp³-hybridized carbons (Fsp3) is 0.250. The van der Waals surface area contributed by atoms with E-state index in [1.165, 1.54) is 12.1 Å². The molecule has 4 heteroatoms. The molecule has 0 amide bonds. The Morgan fingerprint density at radius 3 is 2.75 bits per heavy atom. The number of phenols is 1. The van der Waals surface area contributed by atoms with Crippen molar-refractivity contribution >= 4 is 5.69 Å². The zero-order valence-corrected chi connectivity index (χ0v) is 6.65. The molecule has 0 saturated carbocycles. The lowest BCUT2D eigenvalue weighted by Crippen LogP contribution is -1.93. The van der Waals surface area contributed by atoms with Crippen LogP contribution < -0.4 is 0 Å². The first-order chi connectivity index (χ1) is 5.65. The molecule has 1 rings (SSSR count). The van der Waals surface area contributed by atoms with Crippen molar-refractivity contribution in [1.29, 1.82) is 0 Å². The van der Waals surface area contributed by atoms with Crippen molar-refractivity contribution < 1.29 is 10.0 Å². The second-order valence-electron chi connectivity index (χ2n) is 2.42. The minimum absolute atomic E-state index is 0.0162. The summed E-state index contributed by atoms with van der Waals surface area (Å²) in [6.45, 7) is 1.83. The average Bonchev–Trinajstić information content (AvgIpc) is 2.04. The van der Waals surface area contributed by atoms with Gasteiger partial charge in [-0.15, -0.1) is 0 Å². The van der Waals surface area contributed by atoms with Gasteiger partial charge >= 0.3 is 0 Å². The van der Waals surface area contributed by atoms with Gasteiger partial charge in [-0.25, -0.2) is 0 Å². The van der Waals surface area contributed by atoms with Crippen molar-refractivity contribution in [3.05, 3.63) is 33.9 Å². The third kappa shape index (κ3) is 1.53. The number of rotatable bonds is 2. The van der Waals surface area contributed by atoms with Gasteiger partial charge in [-0.3, -0.25) is 10.1 Å². The van der Waals surface area contributed by atoms with E-state index < -0.39 is 4.92 Å². The van der Waals surface area contributed by atoms with Crippen molar-refractivity contribution in [3.8, 4) is 5.75 Å². The molecule has 0 bridgehead atoms. The van der Waals surface area contributed by atoms with E-state index in [-0.39, 0.29) is 11.4 Å². The first-order valence-corrected chi connectivity index (χ1v) is 3.61. The SMILES string of the molecule is CCc1ccc(O)cc1[N+](=O)[O-]. The first-order valence-electron chi connectivity index (χ1n) is 3.61. The maximum absolute atomic E-state index is 10.4. The van der Waals surface area contributed by atoms with Crippen LogP contribution in [0.4, 0.5) is 5.69 Å². The smallest absolute Gasteiger partial charge is 0.276 e. The Kier molecular flexibility index (Phi) is 2.28. The highest BCUT2D eigenvalue weighted by Gasteiger charge is 2.11. The van der Waals surface area contributed by atoms with E-state index in [1.54, 1.807) is 6.07 Å². The number of hydrogen-bond donors (Lipinski definition) is 1. The third-order valence-electron chi connectivity index (χ3n) is 1.65. The van der Waals surface area contributed by atoms with Gasteiger partial charge in [0.1, 0.15) is 5.75 Å². The highest BCUT2D eigenvalue weighted by Crippen LogP contribution is 2.23. The van der Waals surface area contributed by atoms with E-state index in [0.717, 1.165) is 0 Å². The monoisotopic (exact) mass is 167 g/mol. The number of benzene rings is 1. The Labute approximate surface area is 69.6 Å².